The van der Waals surface area contributed by atoms with Gasteiger partial charge in [-0.05, 0) is 18.1 Å². The third kappa shape index (κ3) is 3.42. The first-order valence-corrected chi connectivity index (χ1v) is 10.4. The van der Waals surface area contributed by atoms with Crippen molar-refractivity contribution < 1.29 is 8.42 Å². The van der Waals surface area contributed by atoms with Crippen LogP contribution < -0.4 is 4.90 Å². The van der Waals surface area contributed by atoms with Gasteiger partial charge in [-0.15, -0.1) is 0 Å². The first-order chi connectivity index (χ1) is 12.5. The van der Waals surface area contributed by atoms with E-state index in [-0.39, 0.29) is 6.04 Å². The standard InChI is InChI=1S/C18H21N5O2S/c1-26(24,25)22-7-8-23(16(13-22)9-14-5-3-2-4-6-14)18-10-15-11-20-21-17(15)12-19-18/h2-6,10-12,16H,7-9,13H2,1H3,(H,20,21)/t16-/m1/s1. The summed E-state index contributed by atoms with van der Waals surface area (Å²) >= 11 is 0. The number of pyridine rings is 1. The lowest BCUT2D eigenvalue weighted by Crippen LogP contribution is -2.55. The largest absolute Gasteiger partial charge is 0.351 e. The summed E-state index contributed by atoms with van der Waals surface area (Å²) < 4.78 is 25.7. The highest BCUT2D eigenvalue weighted by Gasteiger charge is 2.32. The molecular formula is C18H21N5O2S. The van der Waals surface area contributed by atoms with E-state index in [0.29, 0.717) is 19.6 Å². The average molecular weight is 371 g/mol. The molecule has 7 nitrogen and oxygen atoms in total. The number of piperazine rings is 1. The lowest BCUT2D eigenvalue weighted by atomic mass is 10.0. The molecule has 0 radical (unpaired) electrons. The number of fused-ring (bicyclic) bond motifs is 1. The minimum absolute atomic E-state index is 0.0257. The zero-order valence-corrected chi connectivity index (χ0v) is 15.4. The second kappa shape index (κ2) is 6.69. The Balaban J connectivity index is 1.66. The topological polar surface area (TPSA) is 82.2 Å². The number of anilines is 1. The maximum atomic E-state index is 12.0. The fourth-order valence-corrected chi connectivity index (χ4v) is 4.33. The third-order valence-electron chi connectivity index (χ3n) is 4.83. The molecule has 136 valence electrons. The second-order valence-electron chi connectivity index (χ2n) is 6.66. The monoisotopic (exact) mass is 371 g/mol. The molecule has 1 aromatic carbocycles. The first-order valence-electron chi connectivity index (χ1n) is 8.55. The lowest BCUT2D eigenvalue weighted by molar-refractivity contribution is 0.331. The van der Waals surface area contributed by atoms with Crippen molar-refractivity contribution in [1.29, 1.82) is 0 Å². The van der Waals surface area contributed by atoms with Gasteiger partial charge in [0.2, 0.25) is 10.0 Å². The van der Waals surface area contributed by atoms with Gasteiger partial charge in [-0.1, -0.05) is 30.3 Å². The molecule has 0 amide bonds. The molecule has 1 saturated heterocycles. The van der Waals surface area contributed by atoms with Crippen LogP contribution in [0.15, 0.2) is 48.8 Å². The summed E-state index contributed by atoms with van der Waals surface area (Å²) in [5.74, 6) is 0.855. The molecule has 0 saturated carbocycles. The number of hydrogen-bond donors (Lipinski definition) is 1. The first kappa shape index (κ1) is 17.0. The van der Waals surface area contributed by atoms with Gasteiger partial charge in [-0.3, -0.25) is 5.10 Å². The van der Waals surface area contributed by atoms with Crippen LogP contribution in [0.2, 0.25) is 0 Å². The summed E-state index contributed by atoms with van der Waals surface area (Å²) in [5, 5.41) is 7.96. The van der Waals surface area contributed by atoms with Gasteiger partial charge in [0.1, 0.15) is 5.82 Å². The highest BCUT2D eigenvalue weighted by molar-refractivity contribution is 7.88. The molecule has 4 rings (SSSR count). The van der Waals surface area contributed by atoms with Gasteiger partial charge in [0.15, 0.2) is 0 Å². The van der Waals surface area contributed by atoms with Gasteiger partial charge in [0.05, 0.1) is 24.2 Å². The number of hydrogen-bond acceptors (Lipinski definition) is 5. The van der Waals surface area contributed by atoms with Crippen molar-refractivity contribution in [3.05, 3.63) is 54.4 Å². The van der Waals surface area contributed by atoms with Crippen molar-refractivity contribution in [2.75, 3.05) is 30.8 Å². The van der Waals surface area contributed by atoms with Crippen molar-refractivity contribution in [3.63, 3.8) is 0 Å². The van der Waals surface area contributed by atoms with Gasteiger partial charge in [0, 0.05) is 31.1 Å². The van der Waals surface area contributed by atoms with Crippen LogP contribution in [0.5, 0.6) is 0 Å². The number of nitrogens with one attached hydrogen (secondary N) is 1. The van der Waals surface area contributed by atoms with E-state index in [4.69, 9.17) is 0 Å². The molecule has 1 N–H and O–H groups in total. The molecule has 26 heavy (non-hydrogen) atoms. The Morgan fingerprint density at radius 1 is 1.19 bits per heavy atom. The highest BCUT2D eigenvalue weighted by atomic mass is 32.2. The van der Waals surface area contributed by atoms with E-state index in [0.717, 1.165) is 23.1 Å². The summed E-state index contributed by atoms with van der Waals surface area (Å²) in [6.07, 6.45) is 5.59. The lowest BCUT2D eigenvalue weighted by Gasteiger charge is -2.41. The number of benzene rings is 1. The van der Waals surface area contributed by atoms with Gasteiger partial charge in [0.25, 0.3) is 0 Å². The van der Waals surface area contributed by atoms with E-state index < -0.39 is 10.0 Å². The van der Waals surface area contributed by atoms with E-state index in [1.165, 1.54) is 11.8 Å². The summed E-state index contributed by atoms with van der Waals surface area (Å²) in [6.45, 7) is 1.54. The molecule has 0 spiro atoms. The molecule has 1 fully saturated rings. The molecule has 0 bridgehead atoms. The number of nitrogens with zero attached hydrogens (tertiary/aromatic N) is 4. The molecule has 1 aliphatic rings. The minimum Gasteiger partial charge on any atom is -0.351 e. The number of rotatable bonds is 4. The van der Waals surface area contributed by atoms with Crippen molar-refractivity contribution in [2.45, 2.75) is 12.5 Å². The van der Waals surface area contributed by atoms with Crippen LogP contribution in [-0.4, -0.2) is 59.8 Å². The van der Waals surface area contributed by atoms with Crippen LogP contribution in [0.4, 0.5) is 5.82 Å². The van der Waals surface area contributed by atoms with Gasteiger partial charge >= 0.3 is 0 Å². The predicted octanol–water partition coefficient (Wildman–Crippen LogP) is 1.65. The quantitative estimate of drug-likeness (QED) is 0.754. The summed E-state index contributed by atoms with van der Waals surface area (Å²) in [6, 6.07) is 12.2. The number of H-pyrrole nitrogens is 1. The second-order valence-corrected chi connectivity index (χ2v) is 8.64. The van der Waals surface area contributed by atoms with Crippen molar-refractivity contribution in [1.82, 2.24) is 19.5 Å². The Morgan fingerprint density at radius 2 is 2.00 bits per heavy atom. The fourth-order valence-electron chi connectivity index (χ4n) is 3.48. The molecular weight excluding hydrogens is 350 g/mol. The molecule has 0 unspecified atom stereocenters. The third-order valence-corrected chi connectivity index (χ3v) is 6.10. The van der Waals surface area contributed by atoms with Crippen molar-refractivity contribution in [2.24, 2.45) is 0 Å². The summed E-state index contributed by atoms with van der Waals surface area (Å²) in [7, 11) is -3.21. The van der Waals surface area contributed by atoms with Gasteiger partial charge < -0.3 is 4.90 Å². The van der Waals surface area contributed by atoms with E-state index in [1.54, 1.807) is 16.7 Å². The zero-order valence-electron chi connectivity index (χ0n) is 14.5. The van der Waals surface area contributed by atoms with Crippen LogP contribution in [0.25, 0.3) is 10.9 Å². The maximum absolute atomic E-state index is 12.0. The Kier molecular flexibility index (Phi) is 4.37. The van der Waals surface area contributed by atoms with Crippen LogP contribution in [-0.2, 0) is 16.4 Å². The predicted molar refractivity (Wildman–Crippen MR) is 102 cm³/mol. The number of aromatic nitrogens is 3. The molecule has 3 aromatic rings. The summed E-state index contributed by atoms with van der Waals surface area (Å²) in [4.78, 5) is 6.78. The van der Waals surface area contributed by atoms with Crippen LogP contribution in [0, 0.1) is 0 Å². The van der Waals surface area contributed by atoms with E-state index in [9.17, 15) is 8.42 Å². The van der Waals surface area contributed by atoms with E-state index in [2.05, 4.69) is 32.2 Å². The normalized spacial score (nSPS) is 19.1. The van der Waals surface area contributed by atoms with E-state index >= 15 is 0 Å². The van der Waals surface area contributed by atoms with Crippen molar-refractivity contribution in [3.8, 4) is 0 Å². The Hall–Kier alpha value is -2.45. The molecule has 3 heterocycles. The minimum atomic E-state index is -3.21. The smallest absolute Gasteiger partial charge is 0.211 e. The Bertz CT molecular complexity index is 1000. The number of sulfonamides is 1. The zero-order chi connectivity index (χ0) is 18.1. The van der Waals surface area contributed by atoms with Crippen LogP contribution in [0.1, 0.15) is 5.56 Å². The molecule has 1 aliphatic heterocycles. The van der Waals surface area contributed by atoms with Crippen LogP contribution in [0.3, 0.4) is 0 Å². The Morgan fingerprint density at radius 3 is 2.77 bits per heavy atom. The van der Waals surface area contributed by atoms with E-state index in [1.807, 2.05) is 24.3 Å². The fraction of sp³-hybridized carbons (Fsp3) is 0.333. The maximum Gasteiger partial charge on any atom is 0.211 e. The molecule has 1 atom stereocenters. The number of aromatic amines is 1. The highest BCUT2D eigenvalue weighted by Crippen LogP contribution is 2.24. The van der Waals surface area contributed by atoms with Gasteiger partial charge in [-0.2, -0.15) is 9.40 Å². The molecule has 0 aliphatic carbocycles. The van der Waals surface area contributed by atoms with Gasteiger partial charge in [-0.25, -0.2) is 13.4 Å². The Labute approximate surface area is 152 Å². The average Bonchev–Trinajstić information content (AvgIpc) is 3.09. The van der Waals surface area contributed by atoms with Crippen molar-refractivity contribution >= 4 is 26.7 Å². The summed E-state index contributed by atoms with van der Waals surface area (Å²) in [5.41, 5.74) is 2.07. The SMILES string of the molecule is CS(=O)(=O)N1CCN(c2cc3cn[nH]c3cn2)[C@H](Cc2ccccc2)C1. The molecule has 2 aromatic heterocycles. The van der Waals surface area contributed by atoms with Crippen LogP contribution >= 0.6 is 0 Å². The molecule has 8 heteroatoms.